The second-order valence-electron chi connectivity index (χ2n) is 6.29. The van der Waals surface area contributed by atoms with E-state index in [4.69, 9.17) is 0 Å². The highest BCUT2D eigenvalue weighted by molar-refractivity contribution is 5.82. The third-order valence-corrected chi connectivity index (χ3v) is 4.17. The van der Waals surface area contributed by atoms with Gasteiger partial charge in [-0.2, -0.15) is 0 Å². The molecule has 0 fully saturated rings. The quantitative estimate of drug-likeness (QED) is 0.908. The molecule has 1 aromatic rings. The van der Waals surface area contributed by atoms with Gasteiger partial charge in [0.15, 0.2) is 0 Å². The predicted molar refractivity (Wildman–Crippen MR) is 77.9 cm³/mol. The third kappa shape index (κ3) is 2.11. The molecule has 1 aromatic carbocycles. The molecule has 0 saturated heterocycles. The fourth-order valence-electron chi connectivity index (χ4n) is 3.15. The van der Waals surface area contributed by atoms with Crippen LogP contribution in [-0.2, 0) is 16.6 Å². The van der Waals surface area contributed by atoms with Gasteiger partial charge in [-0.15, -0.1) is 0 Å². The van der Waals surface area contributed by atoms with E-state index in [1.165, 1.54) is 11.3 Å². The lowest BCUT2D eigenvalue weighted by molar-refractivity contribution is -0.142. The molecule has 19 heavy (non-hydrogen) atoms. The molecule has 2 rings (SSSR count). The molecule has 1 aliphatic rings. The van der Waals surface area contributed by atoms with Crippen molar-refractivity contribution in [2.75, 3.05) is 4.90 Å². The fourth-order valence-corrected chi connectivity index (χ4v) is 3.15. The fraction of sp³-hybridized carbons (Fsp3) is 0.562. The number of carboxylic acid groups (broad SMARTS) is 1. The van der Waals surface area contributed by atoms with E-state index in [1.54, 1.807) is 13.8 Å². The summed E-state index contributed by atoms with van der Waals surface area (Å²) in [4.78, 5) is 13.9. The molecule has 0 radical (unpaired) electrons. The van der Waals surface area contributed by atoms with Gasteiger partial charge in [0.25, 0.3) is 0 Å². The lowest BCUT2D eigenvalue weighted by Crippen LogP contribution is -2.35. The van der Waals surface area contributed by atoms with E-state index >= 15 is 0 Å². The molecular weight excluding hydrogens is 238 g/mol. The van der Waals surface area contributed by atoms with Crippen LogP contribution in [-0.4, -0.2) is 23.2 Å². The number of fused-ring (bicyclic) bond motifs is 1. The van der Waals surface area contributed by atoms with E-state index in [0.717, 1.165) is 12.0 Å². The van der Waals surface area contributed by atoms with Crippen molar-refractivity contribution in [3.63, 3.8) is 0 Å². The molecule has 1 unspecified atom stereocenters. The molecule has 1 atom stereocenters. The summed E-state index contributed by atoms with van der Waals surface area (Å²) >= 11 is 0. The summed E-state index contributed by atoms with van der Waals surface area (Å²) in [5.74, 6) is -0.767. The minimum atomic E-state index is -0.835. The van der Waals surface area contributed by atoms with Gasteiger partial charge < -0.3 is 10.0 Å². The molecule has 0 spiro atoms. The number of aliphatic carboxylic acids is 1. The summed E-state index contributed by atoms with van der Waals surface area (Å²) in [5, 5.41) is 9.45. The topological polar surface area (TPSA) is 40.5 Å². The highest BCUT2D eigenvalue weighted by Gasteiger charge is 2.37. The zero-order chi connectivity index (χ0) is 14.4. The second-order valence-corrected chi connectivity index (χ2v) is 6.29. The minimum absolute atomic E-state index is 0.430. The van der Waals surface area contributed by atoms with Crippen molar-refractivity contribution >= 4 is 11.7 Å². The van der Waals surface area contributed by atoms with Gasteiger partial charge in [0.05, 0.1) is 5.41 Å². The van der Waals surface area contributed by atoms with Crippen LogP contribution in [0.15, 0.2) is 18.2 Å². The lowest BCUT2D eigenvalue weighted by Gasteiger charge is -2.29. The lowest BCUT2D eigenvalue weighted by atomic mass is 9.81. The number of hydrogen-bond donors (Lipinski definition) is 1. The summed E-state index contributed by atoms with van der Waals surface area (Å²) in [6.07, 6.45) is 0.931. The average Bonchev–Trinajstić information content (AvgIpc) is 2.63. The van der Waals surface area contributed by atoms with E-state index in [2.05, 4.69) is 31.7 Å². The van der Waals surface area contributed by atoms with Crippen LogP contribution in [0.3, 0.4) is 0 Å². The van der Waals surface area contributed by atoms with Crippen LogP contribution in [0.1, 0.15) is 45.7 Å². The van der Waals surface area contributed by atoms with Crippen molar-refractivity contribution < 1.29 is 9.90 Å². The number of nitrogens with zero attached hydrogens (tertiary/aromatic N) is 1. The molecule has 0 aliphatic carbocycles. The zero-order valence-electron chi connectivity index (χ0n) is 12.4. The standard InChI is InChI=1S/C16H23NO2/c1-10(2)17-11(3)9-12-13(7-6-8-14(12)17)16(4,5)15(18)19/h6-8,10-11H,9H2,1-5H3,(H,18,19). The van der Waals surface area contributed by atoms with Crippen LogP contribution in [0.25, 0.3) is 0 Å². The zero-order valence-corrected chi connectivity index (χ0v) is 12.4. The number of hydrogen-bond acceptors (Lipinski definition) is 2. The van der Waals surface area contributed by atoms with Gasteiger partial charge in [0, 0.05) is 17.8 Å². The van der Waals surface area contributed by atoms with Gasteiger partial charge in [0.2, 0.25) is 0 Å². The Hall–Kier alpha value is -1.51. The molecular formula is C16H23NO2. The molecule has 0 amide bonds. The van der Waals surface area contributed by atoms with Gasteiger partial charge in [-0.05, 0) is 58.2 Å². The van der Waals surface area contributed by atoms with Crippen molar-refractivity contribution in [1.29, 1.82) is 0 Å². The Labute approximate surface area is 115 Å². The average molecular weight is 261 g/mol. The normalized spacial score (nSPS) is 18.8. The molecule has 104 valence electrons. The molecule has 0 bridgehead atoms. The maximum absolute atomic E-state index is 11.5. The van der Waals surface area contributed by atoms with Crippen LogP contribution < -0.4 is 4.90 Å². The molecule has 0 aromatic heterocycles. The first-order valence-electron chi connectivity index (χ1n) is 6.91. The van der Waals surface area contributed by atoms with E-state index in [1.807, 2.05) is 12.1 Å². The molecule has 1 N–H and O–H groups in total. The van der Waals surface area contributed by atoms with E-state index in [-0.39, 0.29) is 0 Å². The third-order valence-electron chi connectivity index (χ3n) is 4.17. The first-order valence-corrected chi connectivity index (χ1v) is 6.91. The number of benzene rings is 1. The van der Waals surface area contributed by atoms with E-state index in [9.17, 15) is 9.90 Å². The summed E-state index contributed by atoms with van der Waals surface area (Å²) < 4.78 is 0. The molecule has 1 heterocycles. The Morgan fingerprint density at radius 1 is 1.42 bits per heavy atom. The van der Waals surface area contributed by atoms with Crippen LogP contribution in [0.5, 0.6) is 0 Å². The van der Waals surface area contributed by atoms with Crippen LogP contribution >= 0.6 is 0 Å². The van der Waals surface area contributed by atoms with Crippen LogP contribution in [0.4, 0.5) is 5.69 Å². The number of rotatable bonds is 3. The first-order chi connectivity index (χ1) is 8.76. The Morgan fingerprint density at radius 3 is 2.58 bits per heavy atom. The number of carboxylic acids is 1. The Bertz CT molecular complexity index is 505. The maximum Gasteiger partial charge on any atom is 0.313 e. The molecule has 3 nitrogen and oxygen atoms in total. The molecule has 0 saturated carbocycles. The molecule has 3 heteroatoms. The van der Waals surface area contributed by atoms with Crippen molar-refractivity contribution in [2.24, 2.45) is 0 Å². The number of carbonyl (C=O) groups is 1. The predicted octanol–water partition coefficient (Wildman–Crippen LogP) is 3.21. The monoisotopic (exact) mass is 261 g/mol. The minimum Gasteiger partial charge on any atom is -0.481 e. The van der Waals surface area contributed by atoms with E-state index < -0.39 is 11.4 Å². The van der Waals surface area contributed by atoms with Crippen molar-refractivity contribution in [3.8, 4) is 0 Å². The van der Waals surface area contributed by atoms with E-state index in [0.29, 0.717) is 12.1 Å². The molecule has 1 aliphatic heterocycles. The number of anilines is 1. The van der Waals surface area contributed by atoms with Crippen molar-refractivity contribution in [2.45, 2.75) is 58.5 Å². The van der Waals surface area contributed by atoms with Crippen molar-refractivity contribution in [3.05, 3.63) is 29.3 Å². The SMILES string of the molecule is CC(C)N1c2cccc(C(C)(C)C(=O)O)c2CC1C. The maximum atomic E-state index is 11.5. The van der Waals surface area contributed by atoms with Crippen LogP contribution in [0.2, 0.25) is 0 Å². The second kappa shape index (κ2) is 4.55. The highest BCUT2D eigenvalue weighted by atomic mass is 16.4. The van der Waals surface area contributed by atoms with Gasteiger partial charge in [-0.1, -0.05) is 12.1 Å². The van der Waals surface area contributed by atoms with Gasteiger partial charge in [-0.3, -0.25) is 4.79 Å². The Morgan fingerprint density at radius 2 is 2.05 bits per heavy atom. The van der Waals surface area contributed by atoms with Crippen molar-refractivity contribution in [1.82, 2.24) is 0 Å². The largest absolute Gasteiger partial charge is 0.481 e. The van der Waals surface area contributed by atoms with Gasteiger partial charge in [-0.25, -0.2) is 0 Å². The highest BCUT2D eigenvalue weighted by Crippen LogP contribution is 2.40. The van der Waals surface area contributed by atoms with Gasteiger partial charge in [0.1, 0.15) is 0 Å². The Balaban J connectivity index is 2.56. The summed E-state index contributed by atoms with van der Waals surface area (Å²) in [6, 6.07) is 6.91. The summed E-state index contributed by atoms with van der Waals surface area (Å²) in [6.45, 7) is 10.1. The summed E-state index contributed by atoms with van der Waals surface area (Å²) in [7, 11) is 0. The smallest absolute Gasteiger partial charge is 0.313 e. The summed E-state index contributed by atoms with van der Waals surface area (Å²) in [5.41, 5.74) is 2.52. The van der Waals surface area contributed by atoms with Crippen LogP contribution in [0, 0.1) is 0 Å². The Kier molecular flexibility index (Phi) is 3.33. The first kappa shape index (κ1) is 13.9. The van der Waals surface area contributed by atoms with Gasteiger partial charge >= 0.3 is 5.97 Å².